The predicted molar refractivity (Wildman–Crippen MR) is 84.1 cm³/mol. The fourth-order valence-corrected chi connectivity index (χ4v) is 2.02. The van der Waals surface area contributed by atoms with Gasteiger partial charge in [0.2, 0.25) is 11.6 Å². The van der Waals surface area contributed by atoms with Gasteiger partial charge in [-0.15, -0.1) is 0 Å². The summed E-state index contributed by atoms with van der Waals surface area (Å²) in [5.74, 6) is 0.685. The van der Waals surface area contributed by atoms with Crippen LogP contribution in [-0.2, 0) is 0 Å². The van der Waals surface area contributed by atoms with Crippen molar-refractivity contribution in [2.75, 3.05) is 24.3 Å². The topological polar surface area (TPSA) is 102 Å². The highest BCUT2D eigenvalue weighted by Gasteiger charge is 2.23. The molecule has 1 aromatic carbocycles. The lowest BCUT2D eigenvalue weighted by Crippen LogP contribution is -2.08. The van der Waals surface area contributed by atoms with Crippen LogP contribution in [0, 0.1) is 10.1 Å². The summed E-state index contributed by atoms with van der Waals surface area (Å²) in [4.78, 5) is 18.6. The van der Waals surface area contributed by atoms with Gasteiger partial charge in [0.1, 0.15) is 12.1 Å². The first-order chi connectivity index (χ1) is 10.6. The summed E-state index contributed by atoms with van der Waals surface area (Å²) >= 11 is 5.95. The molecule has 2 rings (SSSR count). The maximum Gasteiger partial charge on any atom is 0.353 e. The molecule has 0 saturated carbocycles. The molecule has 22 heavy (non-hydrogen) atoms. The number of rotatable bonds is 6. The zero-order valence-electron chi connectivity index (χ0n) is 12.0. The summed E-state index contributed by atoms with van der Waals surface area (Å²) in [5, 5.41) is 17.5. The van der Waals surface area contributed by atoms with Gasteiger partial charge in [0, 0.05) is 11.6 Å². The van der Waals surface area contributed by atoms with E-state index >= 15 is 0 Å². The number of ether oxygens (including phenoxy) is 1. The zero-order valence-corrected chi connectivity index (χ0v) is 12.7. The summed E-state index contributed by atoms with van der Waals surface area (Å²) in [6, 6.07) is 4.91. The molecule has 2 aromatic rings. The highest BCUT2D eigenvalue weighted by molar-refractivity contribution is 6.31. The number of hydrogen-bond acceptors (Lipinski definition) is 7. The van der Waals surface area contributed by atoms with Crippen LogP contribution in [0.1, 0.15) is 6.92 Å². The molecule has 9 heteroatoms. The van der Waals surface area contributed by atoms with E-state index in [1.165, 1.54) is 13.4 Å². The fraction of sp³-hybridized carbons (Fsp3) is 0.231. The number of methoxy groups -OCH3 is 1. The molecule has 0 radical (unpaired) electrons. The van der Waals surface area contributed by atoms with Crippen LogP contribution in [0.15, 0.2) is 24.5 Å². The van der Waals surface area contributed by atoms with Crippen molar-refractivity contribution in [2.45, 2.75) is 6.92 Å². The Morgan fingerprint density at radius 3 is 2.73 bits per heavy atom. The summed E-state index contributed by atoms with van der Waals surface area (Å²) in [6.45, 7) is 2.32. The summed E-state index contributed by atoms with van der Waals surface area (Å²) < 4.78 is 5.20. The van der Waals surface area contributed by atoms with Crippen LogP contribution in [0.3, 0.4) is 0 Å². The third-order valence-corrected chi connectivity index (χ3v) is 3.00. The number of nitrogens with zero attached hydrogens (tertiary/aromatic N) is 3. The Kier molecular flexibility index (Phi) is 4.95. The molecule has 0 atom stereocenters. The first kappa shape index (κ1) is 15.8. The van der Waals surface area contributed by atoms with Gasteiger partial charge in [0.05, 0.1) is 17.7 Å². The maximum atomic E-state index is 11.3. The zero-order chi connectivity index (χ0) is 16.1. The van der Waals surface area contributed by atoms with E-state index in [1.54, 1.807) is 18.2 Å². The quantitative estimate of drug-likeness (QED) is 0.621. The Labute approximate surface area is 131 Å². The second-order valence-electron chi connectivity index (χ2n) is 4.18. The van der Waals surface area contributed by atoms with Crippen LogP contribution in [0.4, 0.5) is 23.0 Å². The lowest BCUT2D eigenvalue weighted by atomic mass is 10.3. The van der Waals surface area contributed by atoms with Crippen molar-refractivity contribution in [3.8, 4) is 5.75 Å². The molecule has 0 amide bonds. The molecule has 0 saturated heterocycles. The van der Waals surface area contributed by atoms with Gasteiger partial charge in [0.25, 0.3) is 0 Å². The Morgan fingerprint density at radius 1 is 1.36 bits per heavy atom. The highest BCUT2D eigenvalue weighted by atomic mass is 35.5. The number of nitro groups is 1. The van der Waals surface area contributed by atoms with Gasteiger partial charge >= 0.3 is 5.69 Å². The van der Waals surface area contributed by atoms with Crippen molar-refractivity contribution in [1.82, 2.24) is 9.97 Å². The van der Waals surface area contributed by atoms with E-state index in [1.807, 2.05) is 6.92 Å². The average Bonchev–Trinajstić information content (AvgIpc) is 2.47. The Hall–Kier alpha value is -2.61. The third kappa shape index (κ3) is 3.34. The van der Waals surface area contributed by atoms with Gasteiger partial charge in [-0.1, -0.05) is 11.6 Å². The highest BCUT2D eigenvalue weighted by Crippen LogP contribution is 2.35. The van der Waals surface area contributed by atoms with E-state index in [2.05, 4.69) is 20.6 Å². The predicted octanol–water partition coefficient (Wildman–Crippen LogP) is 3.22. The molecule has 116 valence electrons. The van der Waals surface area contributed by atoms with E-state index in [0.29, 0.717) is 23.0 Å². The minimum Gasteiger partial charge on any atom is -0.495 e. The van der Waals surface area contributed by atoms with Crippen LogP contribution in [-0.4, -0.2) is 28.5 Å². The molecule has 0 fully saturated rings. The van der Waals surface area contributed by atoms with E-state index in [0.717, 1.165) is 0 Å². The number of hydrogen-bond donors (Lipinski definition) is 2. The SMILES string of the molecule is CCNc1ncnc(Nc2cc(Cl)ccc2OC)c1[N+](=O)[O-]. The van der Waals surface area contributed by atoms with Crippen LogP contribution in [0.25, 0.3) is 0 Å². The summed E-state index contributed by atoms with van der Waals surface area (Å²) in [7, 11) is 1.49. The van der Waals surface area contributed by atoms with E-state index in [9.17, 15) is 10.1 Å². The molecule has 0 bridgehead atoms. The van der Waals surface area contributed by atoms with Gasteiger partial charge in [-0.05, 0) is 25.1 Å². The van der Waals surface area contributed by atoms with E-state index in [-0.39, 0.29) is 17.3 Å². The number of aromatic nitrogens is 2. The number of nitrogens with one attached hydrogen (secondary N) is 2. The van der Waals surface area contributed by atoms with Crippen LogP contribution in [0.2, 0.25) is 5.02 Å². The molecule has 0 spiro atoms. The molecule has 8 nitrogen and oxygen atoms in total. The fourth-order valence-electron chi connectivity index (χ4n) is 1.85. The Bertz CT molecular complexity index is 695. The van der Waals surface area contributed by atoms with Gasteiger partial charge < -0.3 is 15.4 Å². The van der Waals surface area contributed by atoms with E-state index < -0.39 is 4.92 Å². The minimum atomic E-state index is -0.544. The third-order valence-electron chi connectivity index (χ3n) is 2.76. The van der Waals surface area contributed by atoms with Crippen molar-refractivity contribution in [3.05, 3.63) is 39.7 Å². The smallest absolute Gasteiger partial charge is 0.353 e. The first-order valence-corrected chi connectivity index (χ1v) is 6.78. The van der Waals surface area contributed by atoms with Crippen molar-refractivity contribution in [2.24, 2.45) is 0 Å². The maximum absolute atomic E-state index is 11.3. The number of halogens is 1. The van der Waals surface area contributed by atoms with Gasteiger partial charge in [0.15, 0.2) is 0 Å². The lowest BCUT2D eigenvalue weighted by molar-refractivity contribution is -0.383. The average molecular weight is 324 g/mol. The molecular formula is C13H14ClN5O3. The lowest BCUT2D eigenvalue weighted by Gasteiger charge is -2.12. The van der Waals surface area contributed by atoms with Gasteiger partial charge in [-0.3, -0.25) is 10.1 Å². The molecule has 1 aromatic heterocycles. The molecule has 1 heterocycles. The van der Waals surface area contributed by atoms with Crippen molar-refractivity contribution in [1.29, 1.82) is 0 Å². The molecule has 0 aliphatic rings. The van der Waals surface area contributed by atoms with E-state index in [4.69, 9.17) is 16.3 Å². The molecule has 2 N–H and O–H groups in total. The largest absolute Gasteiger partial charge is 0.495 e. The van der Waals surface area contributed by atoms with Crippen LogP contribution >= 0.6 is 11.6 Å². The van der Waals surface area contributed by atoms with Crippen molar-refractivity contribution < 1.29 is 9.66 Å². The van der Waals surface area contributed by atoms with Gasteiger partial charge in [-0.25, -0.2) is 9.97 Å². The van der Waals surface area contributed by atoms with Crippen LogP contribution in [0.5, 0.6) is 5.75 Å². The number of anilines is 3. The normalized spacial score (nSPS) is 10.1. The molecule has 0 aliphatic heterocycles. The molecule has 0 aliphatic carbocycles. The standard InChI is InChI=1S/C13H14ClN5O3/c1-3-15-12-11(19(20)21)13(17-7-16-12)18-9-6-8(14)4-5-10(9)22-2/h4-7H,3H2,1-2H3,(H2,15,16,17,18). The van der Waals surface area contributed by atoms with Crippen molar-refractivity contribution in [3.63, 3.8) is 0 Å². The Balaban J connectivity index is 2.47. The number of benzene rings is 1. The first-order valence-electron chi connectivity index (χ1n) is 6.40. The summed E-state index contributed by atoms with van der Waals surface area (Å²) in [5.41, 5.74) is 0.227. The molecule has 0 unspecified atom stereocenters. The molecular weight excluding hydrogens is 310 g/mol. The second-order valence-corrected chi connectivity index (χ2v) is 4.61. The van der Waals surface area contributed by atoms with Crippen molar-refractivity contribution >= 4 is 34.6 Å². The Morgan fingerprint density at radius 2 is 2.09 bits per heavy atom. The van der Waals surface area contributed by atoms with Gasteiger partial charge in [-0.2, -0.15) is 0 Å². The summed E-state index contributed by atoms with van der Waals surface area (Å²) in [6.07, 6.45) is 1.24. The monoisotopic (exact) mass is 323 g/mol. The second kappa shape index (κ2) is 6.90. The minimum absolute atomic E-state index is 0.0523. The van der Waals surface area contributed by atoms with Crippen LogP contribution < -0.4 is 15.4 Å².